The molecule has 3 heteroatoms. The fourth-order valence-electron chi connectivity index (χ4n) is 7.25. The molecule has 0 N–H and O–H groups in total. The summed E-state index contributed by atoms with van der Waals surface area (Å²) in [6, 6.07) is 57.8. The van der Waals surface area contributed by atoms with Crippen LogP contribution in [-0.2, 0) is 0 Å². The minimum Gasteiger partial charge on any atom is -0.456 e. The maximum absolute atomic E-state index is 6.62. The van der Waals surface area contributed by atoms with Crippen molar-refractivity contribution in [2.75, 3.05) is 4.90 Å². The van der Waals surface area contributed by atoms with E-state index in [1.165, 1.54) is 16.2 Å². The molecule has 2 aromatic heterocycles. The van der Waals surface area contributed by atoms with E-state index in [1.54, 1.807) is 0 Å². The van der Waals surface area contributed by atoms with Crippen LogP contribution < -0.4 is 4.90 Å². The second-order valence-corrected chi connectivity index (χ2v) is 12.1. The molecule has 2 heterocycles. The number of hydrogen-bond donors (Lipinski definition) is 0. The first-order chi connectivity index (χ1) is 23.3. The molecule has 3 nitrogen and oxygen atoms in total. The van der Waals surface area contributed by atoms with Crippen LogP contribution in [0.3, 0.4) is 0 Å². The van der Waals surface area contributed by atoms with Crippen LogP contribution in [0.2, 0.25) is 0 Å². The molecule has 10 rings (SSSR count). The second-order valence-electron chi connectivity index (χ2n) is 12.1. The largest absolute Gasteiger partial charge is 0.456 e. The number of hydrogen-bond acceptors (Lipinski definition) is 3. The summed E-state index contributed by atoms with van der Waals surface area (Å²) < 4.78 is 13.0. The summed E-state index contributed by atoms with van der Waals surface area (Å²) in [5.74, 6) is 0. The van der Waals surface area contributed by atoms with Gasteiger partial charge in [0.05, 0.1) is 16.8 Å². The zero-order chi connectivity index (χ0) is 30.9. The summed E-state index contributed by atoms with van der Waals surface area (Å²) in [5.41, 5.74) is 9.05. The van der Waals surface area contributed by atoms with Gasteiger partial charge < -0.3 is 13.7 Å². The predicted octanol–water partition coefficient (Wildman–Crippen LogP) is 12.9. The third-order valence-corrected chi connectivity index (χ3v) is 9.41. The fraction of sp³-hybridized carbons (Fsp3) is 0. The molecule has 0 spiro atoms. The molecule has 0 amide bonds. The van der Waals surface area contributed by atoms with Gasteiger partial charge in [0.1, 0.15) is 22.3 Å². The van der Waals surface area contributed by atoms with Crippen molar-refractivity contribution in [1.29, 1.82) is 0 Å². The van der Waals surface area contributed by atoms with E-state index in [2.05, 4.69) is 169 Å². The number of nitrogens with zero attached hydrogens (tertiary/aromatic N) is 1. The van der Waals surface area contributed by atoms with Crippen molar-refractivity contribution in [3.63, 3.8) is 0 Å². The van der Waals surface area contributed by atoms with Crippen LogP contribution in [0.5, 0.6) is 0 Å². The Labute approximate surface area is 270 Å². The van der Waals surface area contributed by atoms with E-state index in [4.69, 9.17) is 8.83 Å². The molecular formula is C44H27NO2. The number of furan rings is 2. The van der Waals surface area contributed by atoms with Crippen LogP contribution in [0, 0.1) is 0 Å². The monoisotopic (exact) mass is 601 g/mol. The highest BCUT2D eigenvalue weighted by Crippen LogP contribution is 2.47. The van der Waals surface area contributed by atoms with E-state index in [0.29, 0.717) is 0 Å². The average Bonchev–Trinajstić information content (AvgIpc) is 3.70. The lowest BCUT2D eigenvalue weighted by Gasteiger charge is -2.28. The highest BCUT2D eigenvalue weighted by atomic mass is 16.3. The maximum atomic E-state index is 6.62. The van der Waals surface area contributed by atoms with Crippen molar-refractivity contribution < 1.29 is 8.83 Å². The van der Waals surface area contributed by atoms with Gasteiger partial charge in [-0.1, -0.05) is 103 Å². The Bertz CT molecular complexity index is 2810. The normalized spacial score (nSPS) is 11.8. The zero-order valence-corrected chi connectivity index (χ0v) is 25.4. The lowest BCUT2D eigenvalue weighted by atomic mass is 9.98. The number of anilines is 3. The summed E-state index contributed by atoms with van der Waals surface area (Å²) in [6.07, 6.45) is 0. The van der Waals surface area contributed by atoms with Gasteiger partial charge in [-0.25, -0.2) is 0 Å². The van der Waals surface area contributed by atoms with Gasteiger partial charge in [-0.05, 0) is 82.4 Å². The average molecular weight is 602 g/mol. The molecule has 220 valence electrons. The van der Waals surface area contributed by atoms with E-state index in [9.17, 15) is 0 Å². The van der Waals surface area contributed by atoms with E-state index in [-0.39, 0.29) is 0 Å². The SMILES string of the molecule is c1ccc(N(c2ccccc2-c2ccc3oc4cc5ccccc5cc4c3c2)c2cccc3oc4c5ccccc5ccc4c23)cc1. The number of benzene rings is 8. The smallest absolute Gasteiger partial charge is 0.143 e. The molecule has 0 aliphatic carbocycles. The third-order valence-electron chi connectivity index (χ3n) is 9.41. The summed E-state index contributed by atoms with van der Waals surface area (Å²) >= 11 is 0. The summed E-state index contributed by atoms with van der Waals surface area (Å²) in [5, 5.41) is 9.10. The van der Waals surface area contributed by atoms with Gasteiger partial charge in [-0.15, -0.1) is 0 Å². The lowest BCUT2D eigenvalue weighted by molar-refractivity contribution is 0.669. The Morgan fingerprint density at radius 2 is 1.11 bits per heavy atom. The molecule has 0 aliphatic rings. The van der Waals surface area contributed by atoms with Crippen molar-refractivity contribution in [2.24, 2.45) is 0 Å². The highest BCUT2D eigenvalue weighted by molar-refractivity contribution is 6.20. The number of para-hydroxylation sites is 2. The van der Waals surface area contributed by atoms with E-state index < -0.39 is 0 Å². The van der Waals surface area contributed by atoms with Gasteiger partial charge in [-0.2, -0.15) is 0 Å². The Balaban J connectivity index is 1.22. The first kappa shape index (κ1) is 26.0. The molecule has 0 unspecified atom stereocenters. The van der Waals surface area contributed by atoms with Crippen molar-refractivity contribution in [2.45, 2.75) is 0 Å². The fourth-order valence-corrected chi connectivity index (χ4v) is 7.25. The standard InChI is InChI=1S/C44H27NO2/c1-2-14-32(15-3-1)45(39-19-10-20-41-43(39)35-23-21-28-11-6-7-17-34(28)44(35)47-41)38-18-9-8-16-33(38)31-22-24-40-36(26-31)37-25-29-12-4-5-13-30(29)27-42(37)46-40/h1-27H. The van der Waals surface area contributed by atoms with Gasteiger partial charge in [0, 0.05) is 32.8 Å². The maximum Gasteiger partial charge on any atom is 0.143 e. The lowest BCUT2D eigenvalue weighted by Crippen LogP contribution is -2.11. The highest BCUT2D eigenvalue weighted by Gasteiger charge is 2.22. The van der Waals surface area contributed by atoms with E-state index in [0.717, 1.165) is 77.5 Å². The van der Waals surface area contributed by atoms with Crippen molar-refractivity contribution in [3.8, 4) is 11.1 Å². The van der Waals surface area contributed by atoms with Gasteiger partial charge in [0.25, 0.3) is 0 Å². The summed E-state index contributed by atoms with van der Waals surface area (Å²) in [6.45, 7) is 0. The van der Waals surface area contributed by atoms with Gasteiger partial charge in [-0.3, -0.25) is 0 Å². The molecule has 0 fully saturated rings. The first-order valence-corrected chi connectivity index (χ1v) is 15.9. The first-order valence-electron chi connectivity index (χ1n) is 15.9. The molecule has 0 radical (unpaired) electrons. The molecular weight excluding hydrogens is 574 g/mol. The molecule has 0 saturated carbocycles. The van der Waals surface area contributed by atoms with E-state index >= 15 is 0 Å². The molecule has 8 aromatic carbocycles. The van der Waals surface area contributed by atoms with Crippen LogP contribution in [-0.4, -0.2) is 0 Å². The van der Waals surface area contributed by atoms with E-state index in [1.807, 2.05) is 0 Å². The second kappa shape index (κ2) is 10.1. The topological polar surface area (TPSA) is 29.5 Å². The molecule has 10 aromatic rings. The minimum absolute atomic E-state index is 0.866. The minimum atomic E-state index is 0.866. The third kappa shape index (κ3) is 4.00. The summed E-state index contributed by atoms with van der Waals surface area (Å²) in [7, 11) is 0. The molecule has 0 aliphatic heterocycles. The van der Waals surface area contributed by atoms with Crippen LogP contribution >= 0.6 is 0 Å². The van der Waals surface area contributed by atoms with Crippen LogP contribution in [0.15, 0.2) is 173 Å². The van der Waals surface area contributed by atoms with Crippen molar-refractivity contribution in [3.05, 3.63) is 164 Å². The number of rotatable bonds is 4. The van der Waals surface area contributed by atoms with Crippen LogP contribution in [0.1, 0.15) is 0 Å². The molecule has 47 heavy (non-hydrogen) atoms. The molecule has 0 saturated heterocycles. The Kier molecular flexibility index (Phi) is 5.57. The van der Waals surface area contributed by atoms with Gasteiger partial charge in [0.15, 0.2) is 0 Å². The van der Waals surface area contributed by atoms with Crippen molar-refractivity contribution >= 4 is 82.5 Å². The Morgan fingerprint density at radius 3 is 2.00 bits per heavy atom. The van der Waals surface area contributed by atoms with Crippen LogP contribution in [0.25, 0.3) is 76.5 Å². The van der Waals surface area contributed by atoms with Crippen molar-refractivity contribution in [1.82, 2.24) is 0 Å². The molecule has 0 atom stereocenters. The molecule has 0 bridgehead atoms. The quantitative estimate of drug-likeness (QED) is 0.201. The van der Waals surface area contributed by atoms with Gasteiger partial charge in [0.2, 0.25) is 0 Å². The van der Waals surface area contributed by atoms with Gasteiger partial charge >= 0.3 is 0 Å². The van der Waals surface area contributed by atoms with Crippen LogP contribution in [0.4, 0.5) is 17.1 Å². The summed E-state index contributed by atoms with van der Waals surface area (Å²) in [4.78, 5) is 2.37. The Morgan fingerprint density at radius 1 is 0.383 bits per heavy atom. The zero-order valence-electron chi connectivity index (χ0n) is 25.4. The number of fused-ring (bicyclic) bond motifs is 9. The predicted molar refractivity (Wildman–Crippen MR) is 196 cm³/mol. The Hall–Kier alpha value is -6.32.